The Hall–Kier alpha value is -13.9. The largest absolute Gasteiger partial charge is 0.307 e. The molecule has 6 heteroatoms. The molecule has 0 unspecified atom stereocenters. The van der Waals surface area contributed by atoms with Crippen molar-refractivity contribution in [3.63, 3.8) is 0 Å². The number of benzene rings is 15. The second-order valence-corrected chi connectivity index (χ2v) is 26.9. The van der Waals surface area contributed by atoms with Gasteiger partial charge in [0.15, 0.2) is 0 Å². The zero-order valence-electron chi connectivity index (χ0n) is 56.2. The number of aryl methyl sites for hydroxylation is 1. The van der Waals surface area contributed by atoms with Crippen LogP contribution in [0.3, 0.4) is 0 Å². The van der Waals surface area contributed by atoms with Gasteiger partial charge in [0, 0.05) is 48.8 Å². The molecule has 0 fully saturated rings. The van der Waals surface area contributed by atoms with Crippen molar-refractivity contribution in [2.24, 2.45) is 0 Å². The third-order valence-corrected chi connectivity index (χ3v) is 21.1. The highest BCUT2D eigenvalue weighted by Crippen LogP contribution is 2.53. The average Bonchev–Trinajstić information content (AvgIpc) is 1.56. The maximum Gasteiger partial charge on any atom is 0.104 e. The van der Waals surface area contributed by atoms with Gasteiger partial charge in [0.2, 0.25) is 0 Å². The summed E-state index contributed by atoms with van der Waals surface area (Å²) in [5, 5.41) is 22.0. The van der Waals surface area contributed by atoms with Gasteiger partial charge >= 0.3 is 0 Å². The summed E-state index contributed by atoms with van der Waals surface area (Å²) in [6.45, 7) is 2.08. The Morgan fingerprint density at radius 3 is 0.786 bits per heavy atom. The molecule has 103 heavy (non-hydrogen) atoms. The fourth-order valence-electron chi connectivity index (χ4n) is 16.4. The maximum atomic E-state index is 13.5. The van der Waals surface area contributed by atoms with E-state index in [0.717, 1.165) is 177 Å². The number of hydrogen-bond donors (Lipinski definition) is 0. The van der Waals surface area contributed by atoms with Gasteiger partial charge in [-0.3, -0.25) is 4.98 Å². The lowest BCUT2D eigenvalue weighted by atomic mass is 9.95. The second kappa shape index (κ2) is 24.0. The van der Waals surface area contributed by atoms with Gasteiger partial charge in [-0.2, -0.15) is 5.26 Å². The number of para-hydroxylation sites is 2. The summed E-state index contributed by atoms with van der Waals surface area (Å²) < 4.78 is 9.87. The Balaban J connectivity index is 1.07. The molecule has 6 nitrogen and oxygen atoms in total. The van der Waals surface area contributed by atoms with Gasteiger partial charge in [0.1, 0.15) is 11.6 Å². The van der Waals surface area contributed by atoms with E-state index in [2.05, 4.69) is 389 Å². The van der Waals surface area contributed by atoms with Crippen LogP contribution in [0, 0.1) is 18.3 Å². The third kappa shape index (κ3) is 9.52. The summed E-state index contributed by atoms with van der Waals surface area (Å²) in [5.41, 5.74) is 26.9. The van der Waals surface area contributed by atoms with Gasteiger partial charge in [-0.25, -0.2) is 0 Å². The van der Waals surface area contributed by atoms with E-state index in [1.54, 1.807) is 0 Å². The lowest BCUT2D eigenvalue weighted by Crippen LogP contribution is -2.16. The summed E-state index contributed by atoms with van der Waals surface area (Å²) >= 11 is 0. The lowest BCUT2D eigenvalue weighted by molar-refractivity contribution is 1.03. The predicted octanol–water partition coefficient (Wildman–Crippen LogP) is 25.3. The van der Waals surface area contributed by atoms with E-state index in [4.69, 9.17) is 4.98 Å². The zero-order valence-corrected chi connectivity index (χ0v) is 56.2. The molecule has 0 N–H and O–H groups in total. The van der Waals surface area contributed by atoms with Crippen molar-refractivity contribution in [3.8, 4) is 107 Å². The van der Waals surface area contributed by atoms with Crippen molar-refractivity contribution in [3.05, 3.63) is 369 Å². The molecule has 0 saturated carbocycles. The van der Waals surface area contributed by atoms with E-state index in [1.807, 2.05) is 0 Å². The standard InChI is InChI=1S/C97H62N6/c1-62-25-24-40-84(99-62)93-94(100-85-41-22-20-38-75(85)76-39-21-23-42-86(76)100)83(61-98)95(101-87-49-43-69(63-26-8-2-9-27-63)55-77(87)78-56-70(44-50-88(78)101)64-28-10-3-11-29-64)97(103-91-53-47-73(67-34-16-6-17-35-67)59-81(91)82-60-74(48-54-92(82)103)68-36-18-7-19-37-68)96(93)102-89-51-45-71(65-30-12-4-13-31-65)57-79(89)80-58-72(46-52-90(80)102)66-32-14-5-15-33-66/h2-60H,1H3. The fraction of sp³-hybridized carbons (Fsp3) is 0.0103. The Labute approximate surface area is 595 Å². The van der Waals surface area contributed by atoms with E-state index in [9.17, 15) is 5.26 Å². The number of nitriles is 1. The fourth-order valence-corrected chi connectivity index (χ4v) is 16.4. The summed E-state index contributed by atoms with van der Waals surface area (Å²) in [6, 6.07) is 133. The number of fused-ring (bicyclic) bond motifs is 12. The summed E-state index contributed by atoms with van der Waals surface area (Å²) in [6.07, 6.45) is 0. The quantitative estimate of drug-likeness (QED) is 0.130. The Morgan fingerprint density at radius 1 is 0.223 bits per heavy atom. The van der Waals surface area contributed by atoms with Gasteiger partial charge in [-0.15, -0.1) is 0 Å². The van der Waals surface area contributed by atoms with Crippen molar-refractivity contribution >= 4 is 87.2 Å². The van der Waals surface area contributed by atoms with Crippen LogP contribution >= 0.6 is 0 Å². The summed E-state index contributed by atoms with van der Waals surface area (Å²) in [7, 11) is 0. The van der Waals surface area contributed by atoms with Gasteiger partial charge in [0.25, 0.3) is 0 Å². The molecular formula is C97H62N6. The Morgan fingerprint density at radius 2 is 0.485 bits per heavy atom. The van der Waals surface area contributed by atoms with E-state index < -0.39 is 0 Å². The summed E-state index contributed by atoms with van der Waals surface area (Å²) in [5.74, 6) is 0. The minimum Gasteiger partial charge on any atom is -0.307 e. The van der Waals surface area contributed by atoms with E-state index in [-0.39, 0.29) is 0 Å². The van der Waals surface area contributed by atoms with Gasteiger partial charge in [-0.05, 0) is 171 Å². The number of nitrogens with zero attached hydrogens (tertiary/aromatic N) is 6. The molecule has 0 aliphatic heterocycles. The summed E-state index contributed by atoms with van der Waals surface area (Å²) in [4.78, 5) is 5.74. The molecule has 480 valence electrons. The van der Waals surface area contributed by atoms with Crippen LogP contribution in [0.5, 0.6) is 0 Å². The number of rotatable bonds is 11. The van der Waals surface area contributed by atoms with Crippen LogP contribution < -0.4 is 0 Å². The number of pyridine rings is 1. The SMILES string of the molecule is Cc1cccc(-c2c(-n3c4ccccc4c4ccccc43)c(C#N)c(-n3c4ccc(-c5ccccc5)cc4c4cc(-c5ccccc5)ccc43)c(-n3c4ccc(-c5ccccc5)cc4c4cc(-c5ccccc5)ccc43)c2-n2c3ccc(-c4ccccc4)cc3c3cc(-c4ccccc4)ccc32)n1. The van der Waals surface area contributed by atoms with E-state index in [0.29, 0.717) is 22.6 Å². The van der Waals surface area contributed by atoms with Crippen LogP contribution in [0.25, 0.3) is 188 Å². The first-order chi connectivity index (χ1) is 51.0. The van der Waals surface area contributed by atoms with Gasteiger partial charge in [0.05, 0.1) is 78.1 Å². The smallest absolute Gasteiger partial charge is 0.104 e. The lowest BCUT2D eigenvalue weighted by Gasteiger charge is -2.29. The van der Waals surface area contributed by atoms with Crippen molar-refractivity contribution in [1.82, 2.24) is 23.3 Å². The molecule has 0 spiro atoms. The maximum absolute atomic E-state index is 13.5. The minimum absolute atomic E-state index is 0.469. The minimum atomic E-state index is 0.469. The molecule has 0 bridgehead atoms. The van der Waals surface area contributed by atoms with E-state index in [1.165, 1.54) is 0 Å². The van der Waals surface area contributed by atoms with Crippen molar-refractivity contribution in [2.75, 3.05) is 0 Å². The monoisotopic (exact) mass is 1310 g/mol. The molecule has 0 saturated heterocycles. The Kier molecular flexibility index (Phi) is 13.8. The first kappa shape index (κ1) is 59.2. The number of hydrogen-bond acceptors (Lipinski definition) is 2. The van der Waals surface area contributed by atoms with Gasteiger partial charge < -0.3 is 18.3 Å². The van der Waals surface area contributed by atoms with Crippen molar-refractivity contribution in [2.45, 2.75) is 6.92 Å². The van der Waals surface area contributed by atoms with Crippen LogP contribution in [0.4, 0.5) is 0 Å². The van der Waals surface area contributed by atoms with Crippen molar-refractivity contribution < 1.29 is 0 Å². The topological polar surface area (TPSA) is 56.4 Å². The molecule has 20 rings (SSSR count). The molecule has 0 amide bonds. The predicted molar refractivity (Wildman–Crippen MR) is 429 cm³/mol. The van der Waals surface area contributed by atoms with Crippen molar-refractivity contribution in [1.29, 1.82) is 5.26 Å². The molecule has 0 radical (unpaired) electrons. The molecule has 0 aliphatic carbocycles. The first-order valence-corrected chi connectivity index (χ1v) is 35.1. The van der Waals surface area contributed by atoms with E-state index >= 15 is 0 Å². The average molecular weight is 1310 g/mol. The Bertz CT molecular complexity index is 6490. The first-order valence-electron chi connectivity index (χ1n) is 35.1. The molecule has 5 heterocycles. The highest BCUT2D eigenvalue weighted by Gasteiger charge is 2.36. The van der Waals surface area contributed by atoms with Crippen LogP contribution in [0.1, 0.15) is 11.3 Å². The van der Waals surface area contributed by atoms with Crippen LogP contribution in [0.2, 0.25) is 0 Å². The van der Waals surface area contributed by atoms with Gasteiger partial charge in [-0.1, -0.05) is 261 Å². The zero-order chi connectivity index (χ0) is 68.2. The second-order valence-electron chi connectivity index (χ2n) is 26.9. The molecule has 15 aromatic carbocycles. The number of aromatic nitrogens is 5. The molecule has 20 aromatic rings. The van der Waals surface area contributed by atoms with Crippen LogP contribution in [-0.4, -0.2) is 23.3 Å². The molecule has 0 atom stereocenters. The molecule has 5 aromatic heterocycles. The molecular weight excluding hydrogens is 1250 g/mol. The molecule has 0 aliphatic rings. The van der Waals surface area contributed by atoms with Crippen LogP contribution in [-0.2, 0) is 0 Å². The third-order valence-electron chi connectivity index (χ3n) is 21.1. The highest BCUT2D eigenvalue weighted by molar-refractivity contribution is 6.19. The highest BCUT2D eigenvalue weighted by atomic mass is 15.1. The van der Waals surface area contributed by atoms with Crippen LogP contribution in [0.15, 0.2) is 358 Å². The normalized spacial score (nSPS) is 11.7.